The molecule has 0 bridgehead atoms. The molecule has 2 atom stereocenters. The second-order valence-corrected chi connectivity index (χ2v) is 8.20. The second kappa shape index (κ2) is 10.5. The van der Waals surface area contributed by atoms with E-state index in [1.807, 2.05) is 18.2 Å². The van der Waals surface area contributed by atoms with Gasteiger partial charge in [0.05, 0.1) is 12.2 Å². The van der Waals surface area contributed by atoms with Crippen molar-refractivity contribution in [1.29, 1.82) is 0 Å². The van der Waals surface area contributed by atoms with E-state index in [-0.39, 0.29) is 17.2 Å². The van der Waals surface area contributed by atoms with E-state index in [0.717, 1.165) is 0 Å². The molecule has 180 valence electrons. The lowest BCUT2D eigenvalue weighted by atomic mass is 9.92. The summed E-state index contributed by atoms with van der Waals surface area (Å²) < 4.78 is 11.6. The number of amides is 3. The van der Waals surface area contributed by atoms with E-state index in [9.17, 15) is 14.4 Å². The van der Waals surface area contributed by atoms with Gasteiger partial charge in [0.1, 0.15) is 17.5 Å². The number of carbonyl (C=O) groups excluding carboxylic acids is 3. The van der Waals surface area contributed by atoms with Gasteiger partial charge in [0, 0.05) is 23.7 Å². The molecule has 2 N–H and O–H groups in total. The summed E-state index contributed by atoms with van der Waals surface area (Å²) >= 11 is 6.43. The molecule has 9 heteroatoms. The SMILES string of the molecule is CCOc1cc(NC(C)=O)ccc1C(=O)NN1C(=O)C(Oc2ccccc2)C1c1ccccc1Cl. The molecule has 4 rings (SSSR count). The Labute approximate surface area is 207 Å². The van der Waals surface area contributed by atoms with Crippen LogP contribution in [0.1, 0.15) is 35.8 Å². The molecule has 8 nitrogen and oxygen atoms in total. The highest BCUT2D eigenvalue weighted by Gasteiger charge is 2.52. The number of nitrogens with zero attached hydrogens (tertiary/aromatic N) is 1. The molecule has 1 saturated heterocycles. The standard InChI is InChI=1S/C26H24ClN3O5/c1-3-34-22-15-17(28-16(2)31)13-14-20(22)25(32)29-30-23(19-11-7-8-12-21(19)27)24(26(30)33)35-18-9-5-4-6-10-18/h4-15,23-24H,3H2,1-2H3,(H,28,31)(H,29,32). The number of benzene rings is 3. The van der Waals surface area contributed by atoms with Crippen LogP contribution in [0.25, 0.3) is 0 Å². The maximum Gasteiger partial charge on any atom is 0.285 e. The zero-order valence-corrected chi connectivity index (χ0v) is 19.9. The third-order valence-corrected chi connectivity index (χ3v) is 5.69. The fraction of sp³-hybridized carbons (Fsp3) is 0.192. The molecule has 1 heterocycles. The molecule has 35 heavy (non-hydrogen) atoms. The van der Waals surface area contributed by atoms with E-state index in [0.29, 0.717) is 28.6 Å². The van der Waals surface area contributed by atoms with E-state index >= 15 is 0 Å². The van der Waals surface area contributed by atoms with Gasteiger partial charge in [-0.1, -0.05) is 48.0 Å². The third-order valence-electron chi connectivity index (χ3n) is 5.34. The number of nitrogens with one attached hydrogen (secondary N) is 2. The van der Waals surface area contributed by atoms with Gasteiger partial charge in [0.15, 0.2) is 0 Å². The summed E-state index contributed by atoms with van der Waals surface area (Å²) in [7, 11) is 0. The molecule has 1 aliphatic rings. The van der Waals surface area contributed by atoms with E-state index in [2.05, 4.69) is 10.7 Å². The lowest BCUT2D eigenvalue weighted by Crippen LogP contribution is -2.67. The maximum atomic E-state index is 13.2. The normalized spacial score (nSPS) is 16.8. The fourth-order valence-corrected chi connectivity index (χ4v) is 4.05. The number of para-hydroxylation sites is 1. The van der Waals surface area contributed by atoms with Crippen LogP contribution in [-0.4, -0.2) is 35.4 Å². The number of ether oxygens (including phenoxy) is 2. The molecular formula is C26H24ClN3O5. The van der Waals surface area contributed by atoms with Crippen LogP contribution in [0.4, 0.5) is 5.69 Å². The van der Waals surface area contributed by atoms with E-state index in [1.54, 1.807) is 55.5 Å². The Morgan fingerprint density at radius 3 is 2.43 bits per heavy atom. The van der Waals surface area contributed by atoms with Crippen molar-refractivity contribution in [3.8, 4) is 11.5 Å². The topological polar surface area (TPSA) is 97.0 Å². The van der Waals surface area contributed by atoms with E-state index in [1.165, 1.54) is 18.0 Å². The number of rotatable bonds is 8. The largest absolute Gasteiger partial charge is 0.493 e. The molecule has 0 saturated carbocycles. The molecule has 3 aromatic rings. The Morgan fingerprint density at radius 1 is 1.03 bits per heavy atom. The number of hydrazine groups is 1. The Hall–Kier alpha value is -4.04. The van der Waals surface area contributed by atoms with Gasteiger partial charge in [0.25, 0.3) is 11.8 Å². The first-order chi connectivity index (χ1) is 16.9. The number of carbonyl (C=O) groups is 3. The predicted octanol–water partition coefficient (Wildman–Crippen LogP) is 4.37. The van der Waals surface area contributed by atoms with Crippen LogP contribution in [0.15, 0.2) is 72.8 Å². The quantitative estimate of drug-likeness (QED) is 0.454. The van der Waals surface area contributed by atoms with Gasteiger partial charge in [-0.3, -0.25) is 19.8 Å². The maximum absolute atomic E-state index is 13.2. The molecule has 0 aliphatic carbocycles. The number of anilines is 1. The Morgan fingerprint density at radius 2 is 1.74 bits per heavy atom. The summed E-state index contributed by atoms with van der Waals surface area (Å²) in [6.07, 6.45) is -0.869. The van der Waals surface area contributed by atoms with Gasteiger partial charge < -0.3 is 14.8 Å². The molecule has 0 spiro atoms. The first-order valence-electron chi connectivity index (χ1n) is 11.0. The van der Waals surface area contributed by atoms with Crippen molar-refractivity contribution in [2.75, 3.05) is 11.9 Å². The van der Waals surface area contributed by atoms with Crippen molar-refractivity contribution >= 4 is 35.0 Å². The van der Waals surface area contributed by atoms with Gasteiger partial charge in [0.2, 0.25) is 12.0 Å². The number of β-lactam (4-membered cyclic amide) rings is 1. The number of halogens is 1. The highest BCUT2D eigenvalue weighted by molar-refractivity contribution is 6.31. The highest BCUT2D eigenvalue weighted by Crippen LogP contribution is 2.39. The average molecular weight is 494 g/mol. The van der Waals surface area contributed by atoms with Gasteiger partial charge >= 0.3 is 0 Å². The van der Waals surface area contributed by atoms with E-state index in [4.69, 9.17) is 21.1 Å². The number of hydrogen-bond acceptors (Lipinski definition) is 5. The van der Waals surface area contributed by atoms with Gasteiger partial charge in [-0.15, -0.1) is 0 Å². The summed E-state index contributed by atoms with van der Waals surface area (Å²) in [5, 5.41) is 4.32. The van der Waals surface area contributed by atoms with Crippen molar-refractivity contribution in [3.63, 3.8) is 0 Å². The molecule has 0 aromatic heterocycles. The number of hydrogen-bond donors (Lipinski definition) is 2. The van der Waals surface area contributed by atoms with Crippen LogP contribution in [-0.2, 0) is 9.59 Å². The van der Waals surface area contributed by atoms with Crippen molar-refractivity contribution in [2.24, 2.45) is 0 Å². The minimum Gasteiger partial charge on any atom is -0.493 e. The smallest absolute Gasteiger partial charge is 0.285 e. The molecule has 0 radical (unpaired) electrons. The van der Waals surface area contributed by atoms with Gasteiger partial charge in [-0.2, -0.15) is 0 Å². The van der Waals surface area contributed by atoms with Gasteiger partial charge in [-0.05, 0) is 42.8 Å². The lowest BCUT2D eigenvalue weighted by Gasteiger charge is -2.46. The minimum atomic E-state index is -0.869. The predicted molar refractivity (Wildman–Crippen MR) is 131 cm³/mol. The molecule has 3 amide bonds. The Kier molecular flexibility index (Phi) is 7.22. The van der Waals surface area contributed by atoms with Crippen molar-refractivity contribution in [1.82, 2.24) is 10.4 Å². The Bertz CT molecular complexity index is 1250. The second-order valence-electron chi connectivity index (χ2n) is 7.79. The van der Waals surface area contributed by atoms with Crippen LogP contribution in [0.2, 0.25) is 5.02 Å². The van der Waals surface area contributed by atoms with Crippen molar-refractivity contribution in [2.45, 2.75) is 26.0 Å². The summed E-state index contributed by atoms with van der Waals surface area (Å²) in [5.74, 6) is -0.411. The van der Waals surface area contributed by atoms with Gasteiger partial charge in [-0.25, -0.2) is 5.01 Å². The summed E-state index contributed by atoms with van der Waals surface area (Å²) in [5.41, 5.74) is 4.01. The average Bonchev–Trinajstić information content (AvgIpc) is 2.84. The summed E-state index contributed by atoms with van der Waals surface area (Å²) in [4.78, 5) is 37.7. The molecule has 1 fully saturated rings. The van der Waals surface area contributed by atoms with Crippen LogP contribution >= 0.6 is 11.6 Å². The molecule has 3 aromatic carbocycles. The zero-order chi connectivity index (χ0) is 24.9. The molecule has 1 aliphatic heterocycles. The van der Waals surface area contributed by atoms with Crippen LogP contribution in [0.3, 0.4) is 0 Å². The zero-order valence-electron chi connectivity index (χ0n) is 19.2. The van der Waals surface area contributed by atoms with Crippen LogP contribution < -0.4 is 20.2 Å². The van der Waals surface area contributed by atoms with Crippen LogP contribution in [0.5, 0.6) is 11.5 Å². The highest BCUT2D eigenvalue weighted by atomic mass is 35.5. The molecular weight excluding hydrogens is 470 g/mol. The monoisotopic (exact) mass is 493 g/mol. The van der Waals surface area contributed by atoms with Crippen molar-refractivity contribution < 1.29 is 23.9 Å². The lowest BCUT2D eigenvalue weighted by molar-refractivity contribution is -0.169. The minimum absolute atomic E-state index is 0.207. The van der Waals surface area contributed by atoms with Crippen molar-refractivity contribution in [3.05, 3.63) is 88.9 Å². The van der Waals surface area contributed by atoms with Crippen LogP contribution in [0, 0.1) is 0 Å². The molecule has 2 unspecified atom stereocenters. The summed E-state index contributed by atoms with van der Waals surface area (Å²) in [6.45, 7) is 3.48. The van der Waals surface area contributed by atoms with E-state index < -0.39 is 24.0 Å². The Balaban J connectivity index is 1.61. The first kappa shape index (κ1) is 24.1. The third kappa shape index (κ3) is 5.22. The first-order valence-corrected chi connectivity index (χ1v) is 11.4. The summed E-state index contributed by atoms with van der Waals surface area (Å²) in [6, 6.07) is 20.1. The fourth-order valence-electron chi connectivity index (χ4n) is 3.80.